The van der Waals surface area contributed by atoms with E-state index in [9.17, 15) is 19.2 Å². The van der Waals surface area contributed by atoms with Gasteiger partial charge in [0.15, 0.2) is 0 Å². The van der Waals surface area contributed by atoms with Gasteiger partial charge in [-0.15, -0.1) is 0 Å². The van der Waals surface area contributed by atoms with Gasteiger partial charge < -0.3 is 31.1 Å². The molecule has 0 saturated carbocycles. The first kappa shape index (κ1) is 29.8. The summed E-state index contributed by atoms with van der Waals surface area (Å²) in [6.45, 7) is 13.4. The number of carbonyl (C=O) groups is 4. The summed E-state index contributed by atoms with van der Waals surface area (Å²) in [6, 6.07) is 0. The minimum atomic E-state index is -0.0140. The molecule has 0 radical (unpaired) electrons. The summed E-state index contributed by atoms with van der Waals surface area (Å²) < 4.78 is 0. The standard InChI is InChI=1S/C22H44N6O4/c1-5-23-19(29)9-13-27(14-10-20(30)24-6-2)17-18-28(15-11-21(31)25-7-3)16-12-22(32)26-8-4/h5-18H2,1-4H3,(H,23,29)(H,24,30)(H,25,31)(H,26,32). The molecule has 0 aliphatic heterocycles. The summed E-state index contributed by atoms with van der Waals surface area (Å²) in [5.74, 6) is -0.0562. The molecule has 0 unspecified atom stereocenters. The number of hydrogen-bond acceptors (Lipinski definition) is 6. The fourth-order valence-corrected chi connectivity index (χ4v) is 3.13. The van der Waals surface area contributed by atoms with Gasteiger partial charge in [0.2, 0.25) is 23.6 Å². The lowest BCUT2D eigenvalue weighted by Crippen LogP contribution is -2.41. The quantitative estimate of drug-likeness (QED) is 0.212. The van der Waals surface area contributed by atoms with Gasteiger partial charge in [0, 0.05) is 91.1 Å². The molecule has 4 N–H and O–H groups in total. The summed E-state index contributed by atoms with van der Waals surface area (Å²) in [7, 11) is 0. The molecule has 186 valence electrons. The highest BCUT2D eigenvalue weighted by Gasteiger charge is 2.15. The lowest BCUT2D eigenvalue weighted by molar-refractivity contribution is -0.123. The van der Waals surface area contributed by atoms with Crippen LogP contribution in [0.1, 0.15) is 53.4 Å². The van der Waals surface area contributed by atoms with E-state index in [2.05, 4.69) is 31.1 Å². The first-order valence-corrected chi connectivity index (χ1v) is 11.9. The van der Waals surface area contributed by atoms with Crippen molar-refractivity contribution in [2.45, 2.75) is 53.4 Å². The molecule has 32 heavy (non-hydrogen) atoms. The summed E-state index contributed by atoms with van der Waals surface area (Å²) in [4.78, 5) is 51.7. The van der Waals surface area contributed by atoms with E-state index in [4.69, 9.17) is 0 Å². The van der Waals surface area contributed by atoms with Gasteiger partial charge in [0.25, 0.3) is 0 Å². The van der Waals surface area contributed by atoms with Crippen molar-refractivity contribution < 1.29 is 19.2 Å². The summed E-state index contributed by atoms with van der Waals surface area (Å²) in [5, 5.41) is 11.2. The van der Waals surface area contributed by atoms with Crippen molar-refractivity contribution in [1.29, 1.82) is 0 Å². The van der Waals surface area contributed by atoms with Crippen LogP contribution in [0.5, 0.6) is 0 Å². The van der Waals surface area contributed by atoms with Crippen LogP contribution >= 0.6 is 0 Å². The van der Waals surface area contributed by atoms with Gasteiger partial charge in [-0.05, 0) is 27.7 Å². The average Bonchev–Trinajstić information content (AvgIpc) is 2.75. The predicted molar refractivity (Wildman–Crippen MR) is 126 cm³/mol. The van der Waals surface area contributed by atoms with Crippen LogP contribution in [0.3, 0.4) is 0 Å². The van der Waals surface area contributed by atoms with Crippen LogP contribution in [0.4, 0.5) is 0 Å². The minimum absolute atomic E-state index is 0.0140. The van der Waals surface area contributed by atoms with Crippen molar-refractivity contribution in [3.05, 3.63) is 0 Å². The molecule has 0 aromatic rings. The number of amides is 4. The Hall–Kier alpha value is -2.20. The molecule has 0 rings (SSSR count). The number of rotatable bonds is 19. The Morgan fingerprint density at radius 2 is 0.656 bits per heavy atom. The van der Waals surface area contributed by atoms with E-state index in [1.165, 1.54) is 0 Å². The third-order valence-electron chi connectivity index (χ3n) is 4.85. The molecule has 0 spiro atoms. The van der Waals surface area contributed by atoms with Crippen molar-refractivity contribution in [2.75, 3.05) is 65.4 Å². The average molecular weight is 457 g/mol. The summed E-state index contributed by atoms with van der Waals surface area (Å²) >= 11 is 0. The molecular formula is C22H44N6O4. The van der Waals surface area contributed by atoms with E-state index < -0.39 is 0 Å². The monoisotopic (exact) mass is 456 g/mol. The van der Waals surface area contributed by atoms with E-state index >= 15 is 0 Å². The van der Waals surface area contributed by atoms with Crippen molar-refractivity contribution in [3.8, 4) is 0 Å². The molecule has 0 aliphatic rings. The zero-order valence-corrected chi connectivity index (χ0v) is 20.4. The second-order valence-electron chi connectivity index (χ2n) is 7.50. The van der Waals surface area contributed by atoms with Crippen LogP contribution in [0.2, 0.25) is 0 Å². The highest BCUT2D eigenvalue weighted by molar-refractivity contribution is 5.77. The fraction of sp³-hybridized carbons (Fsp3) is 0.818. The smallest absolute Gasteiger partial charge is 0.221 e. The molecule has 0 fully saturated rings. The summed E-state index contributed by atoms with van der Waals surface area (Å²) in [5.41, 5.74) is 0. The van der Waals surface area contributed by atoms with E-state index in [-0.39, 0.29) is 23.6 Å². The minimum Gasteiger partial charge on any atom is -0.356 e. The van der Waals surface area contributed by atoms with Crippen molar-refractivity contribution in [1.82, 2.24) is 31.1 Å². The largest absolute Gasteiger partial charge is 0.356 e. The second kappa shape index (κ2) is 19.5. The number of nitrogens with one attached hydrogen (secondary N) is 4. The maximum absolute atomic E-state index is 11.9. The molecule has 0 atom stereocenters. The van der Waals surface area contributed by atoms with E-state index in [1.807, 2.05) is 27.7 Å². The normalized spacial score (nSPS) is 10.8. The van der Waals surface area contributed by atoms with Crippen molar-refractivity contribution in [3.63, 3.8) is 0 Å². The molecular weight excluding hydrogens is 412 g/mol. The molecule has 0 bridgehead atoms. The maximum Gasteiger partial charge on any atom is 0.221 e. The zero-order chi connectivity index (χ0) is 24.2. The van der Waals surface area contributed by atoms with Crippen LogP contribution in [-0.4, -0.2) is 98.9 Å². The molecule has 4 amide bonds. The van der Waals surface area contributed by atoms with Crippen LogP contribution in [0.15, 0.2) is 0 Å². The first-order chi connectivity index (χ1) is 15.4. The topological polar surface area (TPSA) is 123 Å². The lowest BCUT2D eigenvalue weighted by atomic mass is 10.2. The zero-order valence-electron chi connectivity index (χ0n) is 20.4. The van der Waals surface area contributed by atoms with Gasteiger partial charge in [0.05, 0.1) is 0 Å². The fourth-order valence-electron chi connectivity index (χ4n) is 3.13. The van der Waals surface area contributed by atoms with Gasteiger partial charge in [0.1, 0.15) is 0 Å². The Labute approximate surface area is 193 Å². The Balaban J connectivity index is 4.90. The first-order valence-electron chi connectivity index (χ1n) is 11.9. The Kier molecular flexibility index (Phi) is 18.1. The number of carbonyl (C=O) groups excluding carboxylic acids is 4. The van der Waals surface area contributed by atoms with E-state index in [0.29, 0.717) is 91.1 Å². The van der Waals surface area contributed by atoms with Crippen LogP contribution in [0, 0.1) is 0 Å². The Morgan fingerprint density at radius 3 is 0.844 bits per heavy atom. The van der Waals surface area contributed by atoms with Crippen molar-refractivity contribution >= 4 is 23.6 Å². The Morgan fingerprint density at radius 1 is 0.438 bits per heavy atom. The van der Waals surface area contributed by atoms with Crippen LogP contribution in [-0.2, 0) is 19.2 Å². The molecule has 10 heteroatoms. The molecule has 0 aromatic heterocycles. The highest BCUT2D eigenvalue weighted by atomic mass is 16.2. The van der Waals surface area contributed by atoms with E-state index in [0.717, 1.165) is 0 Å². The third-order valence-corrected chi connectivity index (χ3v) is 4.85. The molecule has 0 saturated heterocycles. The van der Waals surface area contributed by atoms with Gasteiger partial charge in [-0.3, -0.25) is 19.2 Å². The van der Waals surface area contributed by atoms with Gasteiger partial charge in [-0.2, -0.15) is 0 Å². The van der Waals surface area contributed by atoms with Gasteiger partial charge in [-0.25, -0.2) is 0 Å². The van der Waals surface area contributed by atoms with Gasteiger partial charge >= 0.3 is 0 Å². The predicted octanol–water partition coefficient (Wildman–Crippen LogP) is -0.305. The van der Waals surface area contributed by atoms with Crippen molar-refractivity contribution in [2.24, 2.45) is 0 Å². The summed E-state index contributed by atoms with van der Waals surface area (Å²) in [6.07, 6.45) is 1.45. The van der Waals surface area contributed by atoms with E-state index in [1.54, 1.807) is 0 Å². The highest BCUT2D eigenvalue weighted by Crippen LogP contribution is 2.01. The molecule has 0 heterocycles. The second-order valence-corrected chi connectivity index (χ2v) is 7.50. The van der Waals surface area contributed by atoms with Crippen LogP contribution in [0.25, 0.3) is 0 Å². The number of hydrogen-bond donors (Lipinski definition) is 4. The maximum atomic E-state index is 11.9. The SMILES string of the molecule is CCNC(=O)CCN(CCC(=O)NCC)CCN(CCC(=O)NCC)CCC(=O)NCC. The van der Waals surface area contributed by atoms with Crippen LogP contribution < -0.4 is 21.3 Å². The molecule has 0 aliphatic carbocycles. The third kappa shape index (κ3) is 16.5. The number of nitrogens with zero attached hydrogens (tertiary/aromatic N) is 2. The Bertz CT molecular complexity index is 467. The lowest BCUT2D eigenvalue weighted by Gasteiger charge is -2.27. The van der Waals surface area contributed by atoms with Gasteiger partial charge in [-0.1, -0.05) is 0 Å². The molecule has 10 nitrogen and oxygen atoms in total. The molecule has 0 aromatic carbocycles.